The quantitative estimate of drug-likeness (QED) is 0.193. The van der Waals surface area contributed by atoms with Crippen molar-refractivity contribution in [3.8, 4) is 0 Å². The van der Waals surface area contributed by atoms with Gasteiger partial charge in [0.15, 0.2) is 0 Å². The summed E-state index contributed by atoms with van der Waals surface area (Å²) in [7, 11) is -0.648. The zero-order valence-electron chi connectivity index (χ0n) is 26.0. The van der Waals surface area contributed by atoms with Gasteiger partial charge in [-0.2, -0.15) is 0 Å². The molecule has 4 fully saturated rings. The van der Waals surface area contributed by atoms with Gasteiger partial charge in [0, 0.05) is 19.4 Å². The third kappa shape index (κ3) is 7.26. The molecule has 4 rings (SSSR count). The van der Waals surface area contributed by atoms with E-state index in [0.29, 0.717) is 40.7 Å². The zero-order valence-corrected chi connectivity index (χ0v) is 26.8. The molecule has 0 radical (unpaired) electrons. The summed E-state index contributed by atoms with van der Waals surface area (Å²) in [5.74, 6) is 4.36. The maximum Gasteiger partial charge on any atom is 0.220 e. The summed E-state index contributed by atoms with van der Waals surface area (Å²) in [6.07, 6.45) is 15.3. The number of likely N-dealkylation sites (N-methyl/N-ethyl adjacent to an activating group) is 1. The van der Waals surface area contributed by atoms with Gasteiger partial charge in [0.25, 0.3) is 0 Å². The molecule has 8 heteroatoms. The Kier molecular flexibility index (Phi) is 10.1. The predicted molar refractivity (Wildman–Crippen MR) is 158 cm³/mol. The number of amides is 1. The Bertz CT molecular complexity index is 986. The average Bonchev–Trinajstić information content (AvgIpc) is 3.20. The molecule has 40 heavy (non-hydrogen) atoms. The predicted octanol–water partition coefficient (Wildman–Crippen LogP) is 4.94. The van der Waals surface area contributed by atoms with Crippen LogP contribution in [0.1, 0.15) is 104 Å². The summed E-state index contributed by atoms with van der Waals surface area (Å²) in [6.45, 7) is 9.10. The molecule has 0 heterocycles. The molecule has 1 unspecified atom stereocenters. The number of hydrogen-bond acceptors (Lipinski definition) is 5. The van der Waals surface area contributed by atoms with Crippen molar-refractivity contribution in [1.29, 1.82) is 0 Å². The number of quaternary nitrogens is 1. The maximum absolute atomic E-state index is 12.7. The monoisotopic (exact) mass is 582 g/mol. The normalized spacial score (nSPS) is 37.6. The second-order valence-electron chi connectivity index (χ2n) is 15.6. The molecule has 7 nitrogen and oxygen atoms in total. The lowest BCUT2D eigenvalue weighted by atomic mass is 9.44. The van der Waals surface area contributed by atoms with E-state index in [0.717, 1.165) is 42.4 Å². The minimum atomic E-state index is -4.44. The van der Waals surface area contributed by atoms with Crippen LogP contribution in [0, 0.1) is 46.3 Å². The van der Waals surface area contributed by atoms with Crippen LogP contribution in [0.15, 0.2) is 0 Å². The van der Waals surface area contributed by atoms with Crippen LogP contribution in [0.4, 0.5) is 0 Å². The highest BCUT2D eigenvalue weighted by molar-refractivity contribution is 7.85. The molecule has 0 spiro atoms. The number of aliphatic hydroxyl groups is 1. The summed E-state index contributed by atoms with van der Waals surface area (Å²) in [5, 5.41) is 13.0. The van der Waals surface area contributed by atoms with Gasteiger partial charge in [-0.15, -0.1) is 0 Å². The third-order valence-corrected chi connectivity index (χ3v) is 13.3. The van der Waals surface area contributed by atoms with E-state index in [1.54, 1.807) is 0 Å². The van der Waals surface area contributed by atoms with Crippen LogP contribution < -0.4 is 5.32 Å². The molecule has 4 aliphatic carbocycles. The van der Waals surface area contributed by atoms with Crippen LogP contribution in [-0.2, 0) is 14.9 Å². The van der Waals surface area contributed by atoms with E-state index in [1.807, 2.05) is 14.1 Å². The van der Waals surface area contributed by atoms with Crippen molar-refractivity contribution in [2.24, 2.45) is 46.3 Å². The number of aliphatic hydroxyl groups excluding tert-OH is 1. The first-order valence-electron chi connectivity index (χ1n) is 16.3. The number of rotatable bonds is 12. The molecular formula is C32H58N2O5S. The standard InChI is InChI=1S/C32H58N2O5S/c1-23(10-15-30(36)33-19-8-20-34(4,5)21-25(35)22-40(37,38)39)27-13-14-28-26-12-11-24-9-6-7-17-31(24,2)29(26)16-18-32(27,28)3/h23-29,35H,6-22H2,1-5H3,(H-,33,36,37,38,39)/t23-,24-,25?,26+,27-,28+,29+,31+,32-/m1/s1. The van der Waals surface area contributed by atoms with Crippen LogP contribution in [0.3, 0.4) is 0 Å². The van der Waals surface area contributed by atoms with Crippen molar-refractivity contribution in [3.63, 3.8) is 0 Å². The Morgan fingerprint density at radius 3 is 2.48 bits per heavy atom. The van der Waals surface area contributed by atoms with Crippen LogP contribution in [-0.4, -0.2) is 74.1 Å². The first-order chi connectivity index (χ1) is 18.6. The zero-order chi connectivity index (χ0) is 29.3. The molecule has 9 atom stereocenters. The molecule has 0 aromatic heterocycles. The Morgan fingerprint density at radius 2 is 1.75 bits per heavy atom. The number of nitrogens with one attached hydrogen (secondary N) is 1. The van der Waals surface area contributed by atoms with Crippen molar-refractivity contribution in [1.82, 2.24) is 5.32 Å². The summed E-state index contributed by atoms with van der Waals surface area (Å²) in [4.78, 5) is 12.7. The van der Waals surface area contributed by atoms with Crippen LogP contribution in [0.2, 0.25) is 0 Å². The van der Waals surface area contributed by atoms with E-state index < -0.39 is 22.0 Å². The molecule has 0 aliphatic heterocycles. The number of carbonyl (C=O) groups is 1. The Hall–Kier alpha value is -0.700. The smallest absolute Gasteiger partial charge is 0.220 e. The van der Waals surface area contributed by atoms with Crippen molar-refractivity contribution in [2.45, 2.75) is 110 Å². The van der Waals surface area contributed by atoms with Gasteiger partial charge >= 0.3 is 0 Å². The van der Waals surface area contributed by atoms with Gasteiger partial charge in [-0.05, 0) is 104 Å². The molecule has 232 valence electrons. The first-order valence-corrected chi connectivity index (χ1v) is 17.9. The highest BCUT2D eigenvalue weighted by Gasteiger charge is 2.60. The first kappa shape index (κ1) is 32.2. The van der Waals surface area contributed by atoms with E-state index in [-0.39, 0.29) is 12.5 Å². The van der Waals surface area contributed by atoms with E-state index in [9.17, 15) is 22.9 Å². The van der Waals surface area contributed by atoms with E-state index in [4.69, 9.17) is 0 Å². The van der Waals surface area contributed by atoms with Gasteiger partial charge in [-0.3, -0.25) is 4.79 Å². The van der Waals surface area contributed by atoms with Gasteiger partial charge in [0.05, 0.1) is 36.5 Å². The lowest BCUT2D eigenvalue weighted by molar-refractivity contribution is -0.893. The Morgan fingerprint density at radius 1 is 1.02 bits per heavy atom. The maximum atomic E-state index is 12.7. The molecule has 4 aliphatic rings. The second kappa shape index (κ2) is 12.5. The van der Waals surface area contributed by atoms with Crippen LogP contribution >= 0.6 is 0 Å². The SMILES string of the molecule is C[C@H](CCC(=O)NCCC[N+](C)(C)CC(O)CS(=O)(=O)[O-])[C@H]1CC[C@H]2[C@@H]3CC[C@H]4CCCC[C@]4(C)[C@H]3CC[C@]12C. The Balaban J connectivity index is 1.20. The lowest BCUT2D eigenvalue weighted by Crippen LogP contribution is -2.53. The summed E-state index contributed by atoms with van der Waals surface area (Å²) in [6, 6.07) is 0. The molecule has 4 saturated carbocycles. The van der Waals surface area contributed by atoms with Gasteiger partial charge in [0.1, 0.15) is 12.6 Å². The lowest BCUT2D eigenvalue weighted by Gasteiger charge is -2.61. The molecule has 0 saturated heterocycles. The number of nitrogens with zero attached hydrogens (tertiary/aromatic N) is 1. The highest BCUT2D eigenvalue weighted by Crippen LogP contribution is 2.68. The minimum Gasteiger partial charge on any atom is -0.748 e. The fraction of sp³-hybridized carbons (Fsp3) is 0.969. The molecule has 0 bridgehead atoms. The molecule has 2 N–H and O–H groups in total. The van der Waals surface area contributed by atoms with E-state index in [1.165, 1.54) is 64.2 Å². The average molecular weight is 583 g/mol. The largest absolute Gasteiger partial charge is 0.748 e. The van der Waals surface area contributed by atoms with Crippen LogP contribution in [0.25, 0.3) is 0 Å². The molecule has 0 aromatic rings. The van der Waals surface area contributed by atoms with E-state index in [2.05, 4.69) is 26.1 Å². The summed E-state index contributed by atoms with van der Waals surface area (Å²) < 4.78 is 33.1. The topological polar surface area (TPSA) is 107 Å². The van der Waals surface area contributed by atoms with Crippen LogP contribution in [0.5, 0.6) is 0 Å². The number of hydrogen-bond donors (Lipinski definition) is 2. The van der Waals surface area contributed by atoms with Crippen molar-refractivity contribution in [2.75, 3.05) is 39.5 Å². The highest BCUT2D eigenvalue weighted by atomic mass is 32.2. The minimum absolute atomic E-state index is 0.113. The third-order valence-electron chi connectivity index (χ3n) is 12.5. The number of fused-ring (bicyclic) bond motifs is 5. The Labute approximate surface area is 244 Å². The van der Waals surface area contributed by atoms with Crippen molar-refractivity contribution in [3.05, 3.63) is 0 Å². The number of carbonyl (C=O) groups excluding carboxylic acids is 1. The fourth-order valence-electron chi connectivity index (χ4n) is 10.6. The molecule has 1 amide bonds. The molecular weight excluding hydrogens is 524 g/mol. The second-order valence-corrected chi connectivity index (χ2v) is 17.0. The van der Waals surface area contributed by atoms with Gasteiger partial charge in [0.2, 0.25) is 5.91 Å². The summed E-state index contributed by atoms with van der Waals surface area (Å²) >= 11 is 0. The molecule has 0 aromatic carbocycles. The van der Waals surface area contributed by atoms with Gasteiger partial charge < -0.3 is 19.5 Å². The van der Waals surface area contributed by atoms with E-state index >= 15 is 0 Å². The summed E-state index contributed by atoms with van der Waals surface area (Å²) in [5.41, 5.74) is 1.03. The van der Waals surface area contributed by atoms with Crippen molar-refractivity contribution < 1.29 is 27.4 Å². The van der Waals surface area contributed by atoms with Crippen molar-refractivity contribution >= 4 is 16.0 Å². The fourth-order valence-corrected chi connectivity index (χ4v) is 11.2. The van der Waals surface area contributed by atoms with Gasteiger partial charge in [-0.1, -0.05) is 33.6 Å². The van der Waals surface area contributed by atoms with Gasteiger partial charge in [-0.25, -0.2) is 8.42 Å².